The number of benzene rings is 9. The van der Waals surface area contributed by atoms with Crippen molar-refractivity contribution in [3.63, 3.8) is 0 Å². The smallest absolute Gasteiger partial charge is 0.143 e. The van der Waals surface area contributed by atoms with Gasteiger partial charge in [-0.2, -0.15) is 0 Å². The van der Waals surface area contributed by atoms with E-state index in [4.69, 9.17) is 4.42 Å². The van der Waals surface area contributed by atoms with Gasteiger partial charge in [-0.1, -0.05) is 152 Å². The van der Waals surface area contributed by atoms with Crippen molar-refractivity contribution < 1.29 is 4.42 Å². The largest absolute Gasteiger partial charge is 0.455 e. The zero-order chi connectivity index (χ0) is 33.0. The quantitative estimate of drug-likeness (QED) is 0.175. The van der Waals surface area contributed by atoms with Gasteiger partial charge in [0, 0.05) is 33.1 Å². The summed E-state index contributed by atoms with van der Waals surface area (Å²) >= 11 is 0. The van der Waals surface area contributed by atoms with Gasteiger partial charge in [0.1, 0.15) is 11.2 Å². The molecule has 234 valence electrons. The molecule has 0 radical (unpaired) electrons. The van der Waals surface area contributed by atoms with Crippen LogP contribution in [0.25, 0.3) is 76.5 Å². The first-order valence-electron chi connectivity index (χ1n) is 17.1. The summed E-state index contributed by atoms with van der Waals surface area (Å²) in [5, 5.41) is 9.66. The number of rotatable bonds is 5. The summed E-state index contributed by atoms with van der Waals surface area (Å²) in [5.41, 5.74) is 9.73. The number of para-hydroxylation sites is 1. The van der Waals surface area contributed by atoms with E-state index in [0.717, 1.165) is 44.7 Å². The molecule has 0 aliphatic carbocycles. The SMILES string of the molecule is c1ccc(-c2cccc(N(c3ccc(-c4cccc5c4oc4ccc6ccccc6c45)cc3)c3cc4ccccc4c4ccccc34)c2)cc1. The summed E-state index contributed by atoms with van der Waals surface area (Å²) in [5.74, 6) is 0. The molecule has 2 nitrogen and oxygen atoms in total. The van der Waals surface area contributed by atoms with Crippen LogP contribution >= 0.6 is 0 Å². The Balaban J connectivity index is 1.16. The van der Waals surface area contributed by atoms with Gasteiger partial charge in [0.05, 0.1) is 5.69 Å². The molecule has 0 N–H and O–H groups in total. The number of hydrogen-bond acceptors (Lipinski definition) is 2. The molecular formula is C48H31NO. The Morgan fingerprint density at radius 3 is 1.86 bits per heavy atom. The van der Waals surface area contributed by atoms with Crippen molar-refractivity contribution in [3.8, 4) is 22.3 Å². The minimum atomic E-state index is 0.912. The molecule has 0 spiro atoms. The van der Waals surface area contributed by atoms with Crippen LogP contribution in [0.15, 0.2) is 192 Å². The predicted molar refractivity (Wildman–Crippen MR) is 212 cm³/mol. The van der Waals surface area contributed by atoms with Crippen LogP contribution in [-0.2, 0) is 0 Å². The van der Waals surface area contributed by atoms with Crippen LogP contribution in [0.2, 0.25) is 0 Å². The Labute approximate surface area is 290 Å². The van der Waals surface area contributed by atoms with Gasteiger partial charge >= 0.3 is 0 Å². The highest BCUT2D eigenvalue weighted by molar-refractivity contribution is 6.20. The Kier molecular flexibility index (Phi) is 6.53. The molecule has 0 atom stereocenters. The topological polar surface area (TPSA) is 16.4 Å². The van der Waals surface area contributed by atoms with Crippen molar-refractivity contribution in [2.75, 3.05) is 4.90 Å². The minimum absolute atomic E-state index is 0.912. The molecule has 10 aromatic rings. The maximum atomic E-state index is 6.60. The van der Waals surface area contributed by atoms with Gasteiger partial charge in [-0.25, -0.2) is 0 Å². The number of anilines is 3. The molecule has 0 saturated carbocycles. The molecule has 10 rings (SSSR count). The van der Waals surface area contributed by atoms with Crippen molar-refractivity contribution in [2.24, 2.45) is 0 Å². The molecule has 1 heterocycles. The maximum Gasteiger partial charge on any atom is 0.143 e. The van der Waals surface area contributed by atoms with Crippen LogP contribution in [0.1, 0.15) is 0 Å². The first-order chi connectivity index (χ1) is 24.8. The van der Waals surface area contributed by atoms with E-state index in [0.29, 0.717) is 0 Å². The molecule has 1 aromatic heterocycles. The van der Waals surface area contributed by atoms with E-state index in [1.54, 1.807) is 0 Å². The van der Waals surface area contributed by atoms with E-state index >= 15 is 0 Å². The second-order valence-corrected chi connectivity index (χ2v) is 12.9. The standard InChI is InChI=1S/C48H31NO/c1-2-12-32(13-3-1)35-16-10-17-38(30-35)49(45-31-36-15-5-6-18-39(36)42-20-8-9-21-43(42)45)37-27-24-34(25-28-37)41-22-11-23-44-47-40-19-7-4-14-33(40)26-29-46(47)50-48(41)44/h1-31H. The molecule has 0 saturated heterocycles. The molecule has 0 unspecified atom stereocenters. The first kappa shape index (κ1) is 28.4. The van der Waals surface area contributed by atoms with E-state index in [-0.39, 0.29) is 0 Å². The highest BCUT2D eigenvalue weighted by atomic mass is 16.3. The van der Waals surface area contributed by atoms with Gasteiger partial charge in [-0.3, -0.25) is 0 Å². The third kappa shape index (κ3) is 4.57. The van der Waals surface area contributed by atoms with Crippen molar-refractivity contribution >= 4 is 71.3 Å². The summed E-state index contributed by atoms with van der Waals surface area (Å²) in [7, 11) is 0. The van der Waals surface area contributed by atoms with E-state index in [9.17, 15) is 0 Å². The Morgan fingerprint density at radius 2 is 1.02 bits per heavy atom. The zero-order valence-corrected chi connectivity index (χ0v) is 27.3. The monoisotopic (exact) mass is 637 g/mol. The van der Waals surface area contributed by atoms with Crippen LogP contribution in [0.5, 0.6) is 0 Å². The summed E-state index contributed by atoms with van der Waals surface area (Å²) < 4.78 is 6.60. The Morgan fingerprint density at radius 1 is 0.360 bits per heavy atom. The average molecular weight is 638 g/mol. The summed E-state index contributed by atoms with van der Waals surface area (Å²) in [6.45, 7) is 0. The van der Waals surface area contributed by atoms with Crippen molar-refractivity contribution in [3.05, 3.63) is 188 Å². The molecule has 0 amide bonds. The van der Waals surface area contributed by atoms with Crippen LogP contribution < -0.4 is 4.90 Å². The lowest BCUT2D eigenvalue weighted by Gasteiger charge is -2.28. The molecule has 9 aromatic carbocycles. The average Bonchev–Trinajstić information content (AvgIpc) is 3.59. The van der Waals surface area contributed by atoms with Crippen LogP contribution in [0.3, 0.4) is 0 Å². The fraction of sp³-hybridized carbons (Fsp3) is 0. The third-order valence-electron chi connectivity index (χ3n) is 10.0. The van der Waals surface area contributed by atoms with Gasteiger partial charge in [0.15, 0.2) is 0 Å². The van der Waals surface area contributed by atoms with E-state index < -0.39 is 0 Å². The molecule has 50 heavy (non-hydrogen) atoms. The Bertz CT molecular complexity index is 2870. The summed E-state index contributed by atoms with van der Waals surface area (Å²) in [6.07, 6.45) is 0. The molecule has 0 bridgehead atoms. The molecular weight excluding hydrogens is 607 g/mol. The van der Waals surface area contributed by atoms with Crippen LogP contribution in [0.4, 0.5) is 17.1 Å². The van der Waals surface area contributed by atoms with Gasteiger partial charge in [-0.05, 0) is 80.0 Å². The van der Waals surface area contributed by atoms with E-state index in [1.807, 2.05) is 0 Å². The third-order valence-corrected chi connectivity index (χ3v) is 10.0. The number of fused-ring (bicyclic) bond motifs is 8. The number of hydrogen-bond donors (Lipinski definition) is 0. The fourth-order valence-corrected chi connectivity index (χ4v) is 7.69. The second-order valence-electron chi connectivity index (χ2n) is 12.9. The van der Waals surface area contributed by atoms with Gasteiger partial charge in [-0.15, -0.1) is 0 Å². The normalized spacial score (nSPS) is 11.6. The lowest BCUT2D eigenvalue weighted by Crippen LogP contribution is -2.10. The van der Waals surface area contributed by atoms with Gasteiger partial charge in [0.25, 0.3) is 0 Å². The number of nitrogens with zero attached hydrogens (tertiary/aromatic N) is 1. The summed E-state index contributed by atoms with van der Waals surface area (Å²) in [6, 6.07) is 67.4. The van der Waals surface area contributed by atoms with Crippen LogP contribution in [-0.4, -0.2) is 0 Å². The Hall–Kier alpha value is -6.64. The van der Waals surface area contributed by atoms with E-state index in [1.165, 1.54) is 48.8 Å². The lowest BCUT2D eigenvalue weighted by atomic mass is 9.97. The molecule has 0 aliphatic heterocycles. The predicted octanol–water partition coefficient (Wildman–Crippen LogP) is 13.8. The number of furan rings is 1. The van der Waals surface area contributed by atoms with E-state index in [2.05, 4.69) is 193 Å². The highest BCUT2D eigenvalue weighted by Crippen LogP contribution is 2.44. The molecule has 0 aliphatic rings. The molecule has 0 fully saturated rings. The maximum absolute atomic E-state index is 6.60. The van der Waals surface area contributed by atoms with Gasteiger partial charge in [0.2, 0.25) is 0 Å². The van der Waals surface area contributed by atoms with Gasteiger partial charge < -0.3 is 9.32 Å². The summed E-state index contributed by atoms with van der Waals surface area (Å²) in [4.78, 5) is 2.40. The van der Waals surface area contributed by atoms with Crippen molar-refractivity contribution in [1.29, 1.82) is 0 Å². The van der Waals surface area contributed by atoms with Crippen LogP contribution in [0, 0.1) is 0 Å². The van der Waals surface area contributed by atoms with Crippen molar-refractivity contribution in [2.45, 2.75) is 0 Å². The second kappa shape index (κ2) is 11.5. The lowest BCUT2D eigenvalue weighted by molar-refractivity contribution is 0.670. The minimum Gasteiger partial charge on any atom is -0.455 e. The first-order valence-corrected chi connectivity index (χ1v) is 17.1. The highest BCUT2D eigenvalue weighted by Gasteiger charge is 2.19. The fourth-order valence-electron chi connectivity index (χ4n) is 7.69. The molecule has 2 heteroatoms. The zero-order valence-electron chi connectivity index (χ0n) is 27.3. The van der Waals surface area contributed by atoms with Crippen molar-refractivity contribution in [1.82, 2.24) is 0 Å².